The van der Waals surface area contributed by atoms with Crippen molar-refractivity contribution in [3.63, 3.8) is 0 Å². The minimum atomic E-state index is -0.133. The number of ether oxygens (including phenoxy) is 1. The van der Waals surface area contributed by atoms with Crippen LogP contribution in [0.4, 0.5) is 4.79 Å². The quantitative estimate of drug-likeness (QED) is 0.654. The number of hydrogen-bond acceptors (Lipinski definition) is 4. The highest BCUT2D eigenvalue weighted by molar-refractivity contribution is 5.79. The number of nitrogens with zero attached hydrogens (tertiary/aromatic N) is 2. The first-order valence-electron chi connectivity index (χ1n) is 8.68. The Bertz CT molecular complexity index is 496. The summed E-state index contributed by atoms with van der Waals surface area (Å²) in [4.78, 5) is 28.0. The number of carbonyl (C=O) groups is 2. The molecule has 1 spiro atoms. The van der Waals surface area contributed by atoms with Crippen molar-refractivity contribution in [1.29, 1.82) is 0 Å². The van der Waals surface area contributed by atoms with Gasteiger partial charge in [0.25, 0.3) is 0 Å². The number of carbonyl (C=O) groups excluding carboxylic acids is 2. The van der Waals surface area contributed by atoms with Crippen LogP contribution in [0.1, 0.15) is 32.1 Å². The summed E-state index contributed by atoms with van der Waals surface area (Å²) in [6, 6.07) is 0.00450. The van der Waals surface area contributed by atoms with Crippen molar-refractivity contribution in [1.82, 2.24) is 15.1 Å². The zero-order valence-corrected chi connectivity index (χ0v) is 13.4. The number of fused-ring (bicyclic) bond motifs is 1. The van der Waals surface area contributed by atoms with Gasteiger partial charge in [0.05, 0.1) is 18.2 Å². The molecule has 4 fully saturated rings. The Morgan fingerprint density at radius 1 is 1.22 bits per heavy atom. The van der Waals surface area contributed by atoms with Crippen LogP contribution < -0.4 is 5.32 Å². The zero-order chi connectivity index (χ0) is 16.0. The van der Waals surface area contributed by atoms with E-state index >= 15 is 0 Å². The van der Waals surface area contributed by atoms with Crippen LogP contribution in [0.2, 0.25) is 0 Å². The van der Waals surface area contributed by atoms with E-state index in [0.29, 0.717) is 13.1 Å². The number of piperidine rings is 2. The largest absolute Gasteiger partial charge is 0.393 e. The van der Waals surface area contributed by atoms with Crippen molar-refractivity contribution in [3.05, 3.63) is 0 Å². The van der Waals surface area contributed by atoms with Crippen LogP contribution in [-0.2, 0) is 9.53 Å². The summed E-state index contributed by atoms with van der Waals surface area (Å²) in [7, 11) is 0. The molecule has 2 atom stereocenters. The monoisotopic (exact) mass is 323 g/mol. The molecule has 3 saturated heterocycles. The summed E-state index contributed by atoms with van der Waals surface area (Å²) in [6.07, 6.45) is 4.47. The van der Waals surface area contributed by atoms with Crippen LogP contribution in [0.3, 0.4) is 0 Å². The third kappa shape index (κ3) is 2.80. The molecule has 7 nitrogen and oxygen atoms in total. The van der Waals surface area contributed by atoms with E-state index in [0.717, 1.165) is 45.2 Å². The van der Waals surface area contributed by atoms with Crippen molar-refractivity contribution < 1.29 is 19.4 Å². The summed E-state index contributed by atoms with van der Waals surface area (Å²) in [5.74, 6) is -0.0935. The fourth-order valence-corrected chi connectivity index (χ4v) is 4.59. The second-order valence-electron chi connectivity index (χ2n) is 7.59. The van der Waals surface area contributed by atoms with E-state index in [1.54, 1.807) is 0 Å². The van der Waals surface area contributed by atoms with Crippen LogP contribution in [0.25, 0.3) is 0 Å². The number of urea groups is 1. The number of aliphatic hydroxyl groups is 1. The van der Waals surface area contributed by atoms with Crippen LogP contribution in [-0.4, -0.2) is 77.9 Å². The molecule has 3 heterocycles. The molecule has 3 amide bonds. The minimum Gasteiger partial charge on any atom is -0.393 e. The third-order valence-electron chi connectivity index (χ3n) is 6.03. The van der Waals surface area contributed by atoms with E-state index < -0.39 is 0 Å². The highest BCUT2D eigenvalue weighted by Crippen LogP contribution is 2.49. The van der Waals surface area contributed by atoms with Crippen molar-refractivity contribution >= 4 is 11.9 Å². The zero-order valence-electron chi connectivity index (χ0n) is 13.4. The number of likely N-dealkylation sites (tertiary alicyclic amines) is 2. The van der Waals surface area contributed by atoms with Gasteiger partial charge in [0.2, 0.25) is 5.91 Å². The van der Waals surface area contributed by atoms with E-state index in [-0.39, 0.29) is 42.2 Å². The maximum absolute atomic E-state index is 12.7. The fourth-order valence-electron chi connectivity index (χ4n) is 4.59. The van der Waals surface area contributed by atoms with Crippen LogP contribution in [0, 0.1) is 5.41 Å². The van der Waals surface area contributed by atoms with Gasteiger partial charge >= 0.3 is 6.03 Å². The number of amides is 3. The van der Waals surface area contributed by atoms with Gasteiger partial charge in [0.15, 0.2) is 0 Å². The Kier molecular flexibility index (Phi) is 3.72. The summed E-state index contributed by atoms with van der Waals surface area (Å²) < 4.78 is 5.54. The average Bonchev–Trinajstić information content (AvgIpc) is 2.53. The fraction of sp³-hybridized carbons (Fsp3) is 0.875. The maximum Gasteiger partial charge on any atom is 0.320 e. The molecule has 0 aromatic rings. The number of hydrogen-bond donors (Lipinski definition) is 2. The second-order valence-corrected chi connectivity index (χ2v) is 7.59. The Balaban J connectivity index is 1.32. The lowest BCUT2D eigenvalue weighted by Gasteiger charge is -2.51. The van der Waals surface area contributed by atoms with Crippen LogP contribution in [0.15, 0.2) is 0 Å². The van der Waals surface area contributed by atoms with Gasteiger partial charge in [-0.1, -0.05) is 0 Å². The van der Waals surface area contributed by atoms with Crippen LogP contribution >= 0.6 is 0 Å². The van der Waals surface area contributed by atoms with Gasteiger partial charge in [-0.3, -0.25) is 4.79 Å². The predicted molar refractivity (Wildman–Crippen MR) is 81.7 cm³/mol. The van der Waals surface area contributed by atoms with Gasteiger partial charge in [-0.25, -0.2) is 4.79 Å². The topological polar surface area (TPSA) is 82.1 Å². The molecule has 1 aliphatic carbocycles. The smallest absolute Gasteiger partial charge is 0.320 e. The molecule has 1 saturated carbocycles. The number of morpholine rings is 1. The summed E-state index contributed by atoms with van der Waals surface area (Å²) in [6.45, 7) is 2.92. The molecule has 0 aromatic heterocycles. The molecule has 23 heavy (non-hydrogen) atoms. The van der Waals surface area contributed by atoms with E-state index in [1.807, 2.05) is 9.80 Å². The summed E-state index contributed by atoms with van der Waals surface area (Å²) >= 11 is 0. The molecule has 7 heteroatoms. The van der Waals surface area contributed by atoms with Crippen molar-refractivity contribution in [2.24, 2.45) is 5.41 Å². The Labute approximate surface area is 135 Å². The average molecular weight is 323 g/mol. The highest BCUT2D eigenvalue weighted by Gasteiger charge is 2.46. The van der Waals surface area contributed by atoms with Crippen LogP contribution in [0.5, 0.6) is 0 Å². The SMILES string of the molecule is O=C1CO[C@H]2CCN(C(=O)N3CCC4(CC3)CC(O)C4)C[C@H]2N1. The summed E-state index contributed by atoms with van der Waals surface area (Å²) in [5, 5.41) is 12.5. The van der Waals surface area contributed by atoms with Gasteiger partial charge in [0.1, 0.15) is 6.61 Å². The van der Waals surface area contributed by atoms with Gasteiger partial charge < -0.3 is 25.0 Å². The first kappa shape index (κ1) is 15.2. The molecular formula is C16H25N3O4. The first-order chi connectivity index (χ1) is 11.0. The van der Waals surface area contributed by atoms with E-state index in [1.165, 1.54) is 0 Å². The lowest BCUT2D eigenvalue weighted by atomic mass is 9.61. The predicted octanol–water partition coefficient (Wildman–Crippen LogP) is -0.0674. The molecule has 0 radical (unpaired) electrons. The highest BCUT2D eigenvalue weighted by atomic mass is 16.5. The Morgan fingerprint density at radius 3 is 2.65 bits per heavy atom. The maximum atomic E-state index is 12.7. The normalized spacial score (nSPS) is 33.9. The number of nitrogens with one attached hydrogen (secondary N) is 1. The second kappa shape index (κ2) is 5.63. The third-order valence-corrected chi connectivity index (χ3v) is 6.03. The lowest BCUT2D eigenvalue weighted by molar-refractivity contribution is -0.139. The lowest BCUT2D eigenvalue weighted by Crippen LogP contribution is -2.63. The van der Waals surface area contributed by atoms with Crippen molar-refractivity contribution in [2.45, 2.75) is 50.4 Å². The standard InChI is InChI=1S/C16H25N3O4/c20-11-7-16(8-11)2-5-18(6-3-16)15(22)19-4-1-13-12(9-19)17-14(21)10-23-13/h11-13,20H,1-10H2,(H,17,21)/t12-,13+/m1/s1. The molecule has 128 valence electrons. The molecule has 0 aromatic carbocycles. The molecule has 3 aliphatic heterocycles. The van der Waals surface area contributed by atoms with Gasteiger partial charge in [0, 0.05) is 26.2 Å². The number of rotatable bonds is 0. The molecule has 0 bridgehead atoms. The van der Waals surface area contributed by atoms with Gasteiger partial charge in [-0.15, -0.1) is 0 Å². The van der Waals surface area contributed by atoms with Gasteiger partial charge in [-0.05, 0) is 37.5 Å². The van der Waals surface area contributed by atoms with Crippen molar-refractivity contribution in [2.75, 3.05) is 32.8 Å². The summed E-state index contributed by atoms with van der Waals surface area (Å²) in [5.41, 5.74) is 0.286. The molecule has 4 aliphatic rings. The molecule has 2 N–H and O–H groups in total. The molecular weight excluding hydrogens is 298 g/mol. The number of aliphatic hydroxyl groups excluding tert-OH is 1. The molecule has 0 unspecified atom stereocenters. The van der Waals surface area contributed by atoms with E-state index in [9.17, 15) is 14.7 Å². The Hall–Kier alpha value is -1.34. The first-order valence-corrected chi connectivity index (χ1v) is 8.68. The molecule has 4 rings (SSSR count). The van der Waals surface area contributed by atoms with Crippen molar-refractivity contribution in [3.8, 4) is 0 Å². The van der Waals surface area contributed by atoms with Gasteiger partial charge in [-0.2, -0.15) is 0 Å². The van der Waals surface area contributed by atoms with E-state index in [2.05, 4.69) is 5.32 Å². The minimum absolute atomic E-state index is 0.0397. The Morgan fingerprint density at radius 2 is 1.96 bits per heavy atom. The van der Waals surface area contributed by atoms with E-state index in [4.69, 9.17) is 4.74 Å².